The van der Waals surface area contributed by atoms with Crippen LogP contribution in [0, 0.1) is 25.7 Å². The maximum absolute atomic E-state index is 13.2. The lowest BCUT2D eigenvalue weighted by Gasteiger charge is -2.25. The SMILES string of the molecule is CC1=C(c2c(C)cc(-c3ccc(Cl)cc3)cc2C)C(=O)C2CCCCC12. The van der Waals surface area contributed by atoms with Gasteiger partial charge in [-0.3, -0.25) is 4.79 Å². The quantitative estimate of drug-likeness (QED) is 0.573. The van der Waals surface area contributed by atoms with Crippen molar-refractivity contribution >= 4 is 23.0 Å². The Morgan fingerprint density at radius 2 is 1.42 bits per heavy atom. The molecule has 4 rings (SSSR count). The molecule has 2 heteroatoms. The normalized spacial score (nSPS) is 22.7. The molecule has 26 heavy (non-hydrogen) atoms. The summed E-state index contributed by atoms with van der Waals surface area (Å²) in [5, 5.41) is 0.749. The van der Waals surface area contributed by atoms with E-state index >= 15 is 0 Å². The molecule has 1 saturated carbocycles. The van der Waals surface area contributed by atoms with E-state index in [0.29, 0.717) is 11.7 Å². The highest BCUT2D eigenvalue weighted by atomic mass is 35.5. The van der Waals surface area contributed by atoms with Gasteiger partial charge in [-0.05, 0) is 79.5 Å². The molecule has 134 valence electrons. The van der Waals surface area contributed by atoms with Crippen molar-refractivity contribution in [3.63, 3.8) is 0 Å². The number of allylic oxidation sites excluding steroid dienone is 2. The largest absolute Gasteiger partial charge is 0.294 e. The average Bonchev–Trinajstić information content (AvgIpc) is 2.87. The zero-order valence-electron chi connectivity index (χ0n) is 15.7. The Morgan fingerprint density at radius 1 is 0.846 bits per heavy atom. The van der Waals surface area contributed by atoms with E-state index in [4.69, 9.17) is 11.6 Å². The first-order valence-corrected chi connectivity index (χ1v) is 9.97. The van der Waals surface area contributed by atoms with Crippen molar-refractivity contribution in [2.75, 3.05) is 0 Å². The number of fused-ring (bicyclic) bond motifs is 1. The van der Waals surface area contributed by atoms with Crippen LogP contribution in [0.2, 0.25) is 5.02 Å². The van der Waals surface area contributed by atoms with Crippen molar-refractivity contribution in [3.8, 4) is 11.1 Å². The Labute approximate surface area is 161 Å². The van der Waals surface area contributed by atoms with Crippen molar-refractivity contribution in [1.29, 1.82) is 0 Å². The van der Waals surface area contributed by atoms with Crippen LogP contribution in [-0.4, -0.2) is 5.78 Å². The zero-order valence-corrected chi connectivity index (χ0v) is 16.5. The van der Waals surface area contributed by atoms with Crippen LogP contribution in [0.1, 0.15) is 49.3 Å². The molecule has 0 bridgehead atoms. The molecule has 0 radical (unpaired) electrons. The standard InChI is InChI=1S/C24H25ClO/c1-14-12-18(17-8-10-19(25)11-9-17)13-15(2)22(14)23-16(3)20-6-4-5-7-21(20)24(23)26/h8-13,20-21H,4-7H2,1-3H3. The third-order valence-electron chi connectivity index (χ3n) is 6.26. The van der Waals surface area contributed by atoms with E-state index in [-0.39, 0.29) is 5.92 Å². The number of Topliss-reactive ketones (excluding diaryl/α,β-unsaturated/α-hetero) is 1. The van der Waals surface area contributed by atoms with E-state index < -0.39 is 0 Å². The van der Waals surface area contributed by atoms with Crippen LogP contribution >= 0.6 is 11.6 Å². The van der Waals surface area contributed by atoms with Gasteiger partial charge in [-0.1, -0.05) is 54.3 Å². The maximum atomic E-state index is 13.2. The van der Waals surface area contributed by atoms with Crippen LogP contribution < -0.4 is 0 Å². The highest BCUT2D eigenvalue weighted by Gasteiger charge is 2.41. The van der Waals surface area contributed by atoms with Gasteiger partial charge in [0.2, 0.25) is 0 Å². The van der Waals surface area contributed by atoms with Gasteiger partial charge in [0.25, 0.3) is 0 Å². The molecule has 2 aliphatic carbocycles. The van der Waals surface area contributed by atoms with Crippen molar-refractivity contribution in [2.45, 2.75) is 46.5 Å². The van der Waals surface area contributed by atoms with Crippen molar-refractivity contribution in [3.05, 3.63) is 63.7 Å². The third kappa shape index (κ3) is 2.83. The topological polar surface area (TPSA) is 17.1 Å². The van der Waals surface area contributed by atoms with Crippen molar-refractivity contribution < 1.29 is 4.79 Å². The Kier molecular flexibility index (Phi) is 4.52. The minimum Gasteiger partial charge on any atom is -0.294 e. The Balaban J connectivity index is 1.79. The molecule has 0 aromatic heterocycles. The summed E-state index contributed by atoms with van der Waals surface area (Å²) >= 11 is 6.02. The molecule has 0 heterocycles. The molecule has 0 amide bonds. The number of hydrogen-bond acceptors (Lipinski definition) is 1. The first kappa shape index (κ1) is 17.5. The van der Waals surface area contributed by atoms with Gasteiger partial charge in [-0.15, -0.1) is 0 Å². The van der Waals surface area contributed by atoms with E-state index in [1.165, 1.54) is 47.1 Å². The number of carbonyl (C=O) groups is 1. The number of benzene rings is 2. The van der Waals surface area contributed by atoms with Crippen LogP contribution in [-0.2, 0) is 4.79 Å². The van der Waals surface area contributed by atoms with Gasteiger partial charge in [0.15, 0.2) is 5.78 Å². The number of carbonyl (C=O) groups excluding carboxylic acids is 1. The molecule has 1 fully saturated rings. The molecular weight excluding hydrogens is 340 g/mol. The summed E-state index contributed by atoms with van der Waals surface area (Å²) in [7, 11) is 0. The molecule has 1 nitrogen and oxygen atoms in total. The molecule has 2 unspecified atom stereocenters. The van der Waals surface area contributed by atoms with E-state index in [1.54, 1.807) is 0 Å². The lowest BCUT2D eigenvalue weighted by atomic mass is 9.79. The highest BCUT2D eigenvalue weighted by molar-refractivity contribution is 6.30. The minimum atomic E-state index is 0.230. The highest BCUT2D eigenvalue weighted by Crippen LogP contribution is 2.48. The van der Waals surface area contributed by atoms with Gasteiger partial charge in [0.1, 0.15) is 0 Å². The summed E-state index contributed by atoms with van der Waals surface area (Å²) in [4.78, 5) is 13.2. The molecule has 0 N–H and O–H groups in total. The molecule has 2 aromatic rings. The lowest BCUT2D eigenvalue weighted by molar-refractivity contribution is -0.118. The van der Waals surface area contributed by atoms with Crippen LogP contribution in [0.5, 0.6) is 0 Å². The van der Waals surface area contributed by atoms with Crippen LogP contribution in [0.4, 0.5) is 0 Å². The average molecular weight is 365 g/mol. The first-order valence-electron chi connectivity index (χ1n) is 9.60. The molecule has 0 spiro atoms. The molecule has 2 atom stereocenters. The number of ketones is 1. The maximum Gasteiger partial charge on any atom is 0.167 e. The molecule has 2 aromatic carbocycles. The summed E-state index contributed by atoms with van der Waals surface area (Å²) in [5.74, 6) is 1.09. The molecule has 2 aliphatic rings. The second kappa shape index (κ2) is 6.70. The smallest absolute Gasteiger partial charge is 0.167 e. The monoisotopic (exact) mass is 364 g/mol. The fourth-order valence-electron chi connectivity index (χ4n) is 5.02. The summed E-state index contributed by atoms with van der Waals surface area (Å²) in [6.45, 7) is 6.46. The predicted molar refractivity (Wildman–Crippen MR) is 109 cm³/mol. The van der Waals surface area contributed by atoms with Gasteiger partial charge in [-0.2, -0.15) is 0 Å². The molecule has 0 aliphatic heterocycles. The first-order chi connectivity index (χ1) is 12.5. The lowest BCUT2D eigenvalue weighted by Crippen LogP contribution is -2.21. The van der Waals surface area contributed by atoms with Crippen LogP contribution in [0.3, 0.4) is 0 Å². The fraction of sp³-hybridized carbons (Fsp3) is 0.375. The van der Waals surface area contributed by atoms with Gasteiger partial charge in [0, 0.05) is 16.5 Å². The number of rotatable bonds is 2. The van der Waals surface area contributed by atoms with E-state index in [0.717, 1.165) is 22.6 Å². The summed E-state index contributed by atoms with van der Waals surface area (Å²) in [5.41, 5.74) is 8.22. The number of aryl methyl sites for hydroxylation is 2. The number of halogens is 1. The fourth-order valence-corrected chi connectivity index (χ4v) is 5.14. The second-order valence-corrected chi connectivity index (χ2v) is 8.35. The van der Waals surface area contributed by atoms with Crippen LogP contribution in [0.15, 0.2) is 42.0 Å². The van der Waals surface area contributed by atoms with Gasteiger partial charge in [-0.25, -0.2) is 0 Å². The Hall–Kier alpha value is -1.86. The Morgan fingerprint density at radius 3 is 2.00 bits per heavy atom. The summed E-state index contributed by atoms with van der Waals surface area (Å²) in [6.07, 6.45) is 4.69. The van der Waals surface area contributed by atoms with E-state index in [9.17, 15) is 4.79 Å². The van der Waals surface area contributed by atoms with Crippen molar-refractivity contribution in [2.24, 2.45) is 11.8 Å². The summed E-state index contributed by atoms with van der Waals surface area (Å²) in [6, 6.07) is 12.4. The van der Waals surface area contributed by atoms with Crippen LogP contribution in [0.25, 0.3) is 16.7 Å². The molecule has 0 saturated heterocycles. The van der Waals surface area contributed by atoms with Gasteiger partial charge in [0.05, 0.1) is 0 Å². The third-order valence-corrected chi connectivity index (χ3v) is 6.51. The van der Waals surface area contributed by atoms with Gasteiger partial charge < -0.3 is 0 Å². The molecular formula is C24H25ClO. The van der Waals surface area contributed by atoms with E-state index in [2.05, 4.69) is 45.0 Å². The summed E-state index contributed by atoms with van der Waals surface area (Å²) < 4.78 is 0. The predicted octanol–water partition coefficient (Wildman–Crippen LogP) is 6.79. The number of hydrogen-bond donors (Lipinski definition) is 0. The minimum absolute atomic E-state index is 0.230. The zero-order chi connectivity index (χ0) is 18.4. The van der Waals surface area contributed by atoms with Gasteiger partial charge >= 0.3 is 0 Å². The van der Waals surface area contributed by atoms with E-state index in [1.807, 2.05) is 12.1 Å². The Bertz CT molecular complexity index is 881. The second-order valence-electron chi connectivity index (χ2n) is 7.91. The van der Waals surface area contributed by atoms with Crippen molar-refractivity contribution in [1.82, 2.24) is 0 Å².